The summed E-state index contributed by atoms with van der Waals surface area (Å²) in [7, 11) is 0. The third-order valence-electron chi connectivity index (χ3n) is 2.75. The SMILES string of the molecule is OC[C@H]1C[C@@]2(CCCN2)CO1. The fourth-order valence-electron chi connectivity index (χ4n) is 2.11. The first-order valence-electron chi connectivity index (χ1n) is 4.32. The summed E-state index contributed by atoms with van der Waals surface area (Å²) in [5.74, 6) is 0. The van der Waals surface area contributed by atoms with Gasteiger partial charge in [-0.3, -0.25) is 0 Å². The monoisotopic (exact) mass is 157 g/mol. The number of hydrogen-bond acceptors (Lipinski definition) is 3. The number of hydrogen-bond donors (Lipinski definition) is 2. The van der Waals surface area contributed by atoms with E-state index in [1.165, 1.54) is 12.8 Å². The highest BCUT2D eigenvalue weighted by Crippen LogP contribution is 2.31. The van der Waals surface area contributed by atoms with E-state index < -0.39 is 0 Å². The Morgan fingerprint density at radius 1 is 1.64 bits per heavy atom. The van der Waals surface area contributed by atoms with Gasteiger partial charge in [-0.1, -0.05) is 0 Å². The molecule has 0 unspecified atom stereocenters. The van der Waals surface area contributed by atoms with E-state index in [4.69, 9.17) is 9.84 Å². The predicted octanol–water partition coefficient (Wildman–Crippen LogP) is -0.110. The molecule has 0 aromatic rings. The second-order valence-electron chi connectivity index (χ2n) is 3.63. The lowest BCUT2D eigenvalue weighted by atomic mass is 9.94. The summed E-state index contributed by atoms with van der Waals surface area (Å²) in [5, 5.41) is 12.3. The summed E-state index contributed by atoms with van der Waals surface area (Å²) in [5.41, 5.74) is 0.230. The predicted molar refractivity (Wildman–Crippen MR) is 41.4 cm³/mol. The van der Waals surface area contributed by atoms with Crippen LogP contribution < -0.4 is 5.32 Å². The molecular weight excluding hydrogens is 142 g/mol. The Kier molecular flexibility index (Phi) is 1.87. The van der Waals surface area contributed by atoms with Gasteiger partial charge in [0.2, 0.25) is 0 Å². The van der Waals surface area contributed by atoms with Crippen molar-refractivity contribution in [3.63, 3.8) is 0 Å². The van der Waals surface area contributed by atoms with Crippen LogP contribution >= 0.6 is 0 Å². The van der Waals surface area contributed by atoms with Crippen molar-refractivity contribution >= 4 is 0 Å². The Morgan fingerprint density at radius 2 is 2.55 bits per heavy atom. The number of ether oxygens (including phenoxy) is 1. The zero-order chi connectivity index (χ0) is 7.73. The lowest BCUT2D eigenvalue weighted by molar-refractivity contribution is 0.0557. The van der Waals surface area contributed by atoms with Crippen LogP contribution in [0.2, 0.25) is 0 Å². The molecule has 0 bridgehead atoms. The highest BCUT2D eigenvalue weighted by Gasteiger charge is 2.41. The standard InChI is InChI=1S/C8H15NO2/c10-5-7-4-8(6-11-7)2-1-3-9-8/h7,9-10H,1-6H2/t7-,8+/m1/s1. The Bertz CT molecular complexity index is 143. The molecular formula is C8H15NO2. The van der Waals surface area contributed by atoms with Crippen LogP contribution in [-0.4, -0.2) is 36.5 Å². The van der Waals surface area contributed by atoms with E-state index >= 15 is 0 Å². The Hall–Kier alpha value is -0.120. The van der Waals surface area contributed by atoms with Crippen molar-refractivity contribution < 1.29 is 9.84 Å². The Morgan fingerprint density at radius 3 is 3.09 bits per heavy atom. The minimum Gasteiger partial charge on any atom is -0.394 e. The van der Waals surface area contributed by atoms with E-state index in [1.54, 1.807) is 0 Å². The molecule has 2 saturated heterocycles. The summed E-state index contributed by atoms with van der Waals surface area (Å²) in [6.07, 6.45) is 3.54. The molecule has 0 saturated carbocycles. The third-order valence-corrected chi connectivity index (χ3v) is 2.75. The summed E-state index contributed by atoms with van der Waals surface area (Å²) >= 11 is 0. The second kappa shape index (κ2) is 2.73. The lowest BCUT2D eigenvalue weighted by Crippen LogP contribution is -2.40. The highest BCUT2D eigenvalue weighted by molar-refractivity contribution is 4.98. The first-order chi connectivity index (χ1) is 5.35. The second-order valence-corrected chi connectivity index (χ2v) is 3.63. The minimum atomic E-state index is 0.0839. The fraction of sp³-hybridized carbons (Fsp3) is 1.00. The van der Waals surface area contributed by atoms with Crippen LogP contribution in [0.15, 0.2) is 0 Å². The molecule has 0 amide bonds. The van der Waals surface area contributed by atoms with Crippen molar-refractivity contribution in [1.29, 1.82) is 0 Å². The first kappa shape index (κ1) is 7.53. The maximum Gasteiger partial charge on any atom is 0.0825 e. The minimum absolute atomic E-state index is 0.0839. The molecule has 0 aliphatic carbocycles. The van der Waals surface area contributed by atoms with Gasteiger partial charge in [0.1, 0.15) is 0 Å². The molecule has 2 heterocycles. The lowest BCUT2D eigenvalue weighted by Gasteiger charge is -2.20. The van der Waals surface area contributed by atoms with Crippen molar-refractivity contribution in [2.24, 2.45) is 0 Å². The Labute approximate surface area is 66.7 Å². The van der Waals surface area contributed by atoms with Gasteiger partial charge in [-0.15, -0.1) is 0 Å². The van der Waals surface area contributed by atoms with Crippen molar-refractivity contribution in [1.82, 2.24) is 5.32 Å². The molecule has 2 aliphatic rings. The molecule has 0 aromatic heterocycles. The van der Waals surface area contributed by atoms with Crippen LogP contribution in [0, 0.1) is 0 Å². The maximum absolute atomic E-state index is 8.86. The van der Waals surface area contributed by atoms with E-state index in [9.17, 15) is 0 Å². The van der Waals surface area contributed by atoms with Gasteiger partial charge in [0.15, 0.2) is 0 Å². The Balaban J connectivity index is 1.96. The van der Waals surface area contributed by atoms with Crippen LogP contribution in [0.25, 0.3) is 0 Å². The van der Waals surface area contributed by atoms with E-state index in [0.29, 0.717) is 0 Å². The van der Waals surface area contributed by atoms with Crippen molar-refractivity contribution in [2.75, 3.05) is 19.8 Å². The van der Waals surface area contributed by atoms with Gasteiger partial charge in [-0.25, -0.2) is 0 Å². The fourth-order valence-corrected chi connectivity index (χ4v) is 2.11. The maximum atomic E-state index is 8.86. The molecule has 3 nitrogen and oxygen atoms in total. The van der Waals surface area contributed by atoms with E-state index in [0.717, 1.165) is 19.6 Å². The molecule has 0 radical (unpaired) electrons. The molecule has 2 aliphatic heterocycles. The molecule has 11 heavy (non-hydrogen) atoms. The molecule has 2 N–H and O–H groups in total. The number of rotatable bonds is 1. The van der Waals surface area contributed by atoms with Crippen LogP contribution in [0.5, 0.6) is 0 Å². The number of aliphatic hydroxyl groups excluding tert-OH is 1. The normalized spacial score (nSPS) is 43.9. The summed E-state index contributed by atoms with van der Waals surface area (Å²) in [6, 6.07) is 0. The zero-order valence-corrected chi connectivity index (χ0v) is 6.68. The third kappa shape index (κ3) is 1.28. The molecule has 3 heteroatoms. The first-order valence-corrected chi connectivity index (χ1v) is 4.32. The van der Waals surface area contributed by atoms with Crippen LogP contribution in [0.3, 0.4) is 0 Å². The average molecular weight is 157 g/mol. The van der Waals surface area contributed by atoms with Gasteiger partial charge in [0.05, 0.1) is 19.3 Å². The van der Waals surface area contributed by atoms with Gasteiger partial charge in [0, 0.05) is 5.54 Å². The summed E-state index contributed by atoms with van der Waals surface area (Å²) in [4.78, 5) is 0. The number of nitrogens with one attached hydrogen (secondary N) is 1. The zero-order valence-electron chi connectivity index (χ0n) is 6.68. The van der Waals surface area contributed by atoms with Crippen molar-refractivity contribution in [3.05, 3.63) is 0 Å². The van der Waals surface area contributed by atoms with Gasteiger partial charge in [-0.05, 0) is 25.8 Å². The van der Waals surface area contributed by atoms with Gasteiger partial charge in [0.25, 0.3) is 0 Å². The number of aliphatic hydroxyl groups is 1. The molecule has 2 atom stereocenters. The molecule has 64 valence electrons. The van der Waals surface area contributed by atoms with E-state index in [1.807, 2.05) is 0 Å². The van der Waals surface area contributed by atoms with E-state index in [2.05, 4.69) is 5.32 Å². The van der Waals surface area contributed by atoms with Crippen LogP contribution in [0.1, 0.15) is 19.3 Å². The van der Waals surface area contributed by atoms with Crippen molar-refractivity contribution in [2.45, 2.75) is 30.9 Å². The average Bonchev–Trinajstić information content (AvgIpc) is 2.62. The molecule has 0 aromatic carbocycles. The summed E-state index contributed by atoms with van der Waals surface area (Å²) in [6.45, 7) is 2.07. The van der Waals surface area contributed by atoms with Gasteiger partial charge >= 0.3 is 0 Å². The summed E-state index contributed by atoms with van der Waals surface area (Å²) < 4.78 is 5.43. The van der Waals surface area contributed by atoms with E-state index in [-0.39, 0.29) is 18.2 Å². The highest BCUT2D eigenvalue weighted by atomic mass is 16.5. The quantitative estimate of drug-likeness (QED) is 0.558. The largest absolute Gasteiger partial charge is 0.394 e. The van der Waals surface area contributed by atoms with Crippen molar-refractivity contribution in [3.8, 4) is 0 Å². The van der Waals surface area contributed by atoms with Gasteiger partial charge < -0.3 is 15.2 Å². The topological polar surface area (TPSA) is 41.5 Å². The van der Waals surface area contributed by atoms with Crippen LogP contribution in [0.4, 0.5) is 0 Å². The molecule has 2 rings (SSSR count). The van der Waals surface area contributed by atoms with Gasteiger partial charge in [-0.2, -0.15) is 0 Å². The smallest absolute Gasteiger partial charge is 0.0825 e. The molecule has 2 fully saturated rings. The van der Waals surface area contributed by atoms with Crippen LogP contribution in [-0.2, 0) is 4.74 Å². The molecule has 1 spiro atoms.